The summed E-state index contributed by atoms with van der Waals surface area (Å²) >= 11 is 6.03. The summed E-state index contributed by atoms with van der Waals surface area (Å²) in [5.74, 6) is 0.777. The standard InChI is InChI=1S/C12H17ClO2/c1-8-5-11(15-4)9(6-10(8)13)7-12(2,3)14/h5-6,14H,7H2,1-4H3. The third-order valence-corrected chi connectivity index (χ3v) is 2.59. The molecule has 0 saturated carbocycles. The van der Waals surface area contributed by atoms with E-state index in [0.29, 0.717) is 11.4 Å². The Kier molecular flexibility index (Phi) is 3.63. The zero-order chi connectivity index (χ0) is 11.6. The number of hydrogen-bond acceptors (Lipinski definition) is 2. The Morgan fingerprint density at radius 1 is 1.40 bits per heavy atom. The highest BCUT2D eigenvalue weighted by Gasteiger charge is 2.17. The number of benzene rings is 1. The second-order valence-electron chi connectivity index (χ2n) is 4.40. The van der Waals surface area contributed by atoms with Gasteiger partial charge in [-0.1, -0.05) is 11.6 Å². The molecule has 0 amide bonds. The lowest BCUT2D eigenvalue weighted by molar-refractivity contribution is 0.0803. The monoisotopic (exact) mass is 228 g/mol. The SMILES string of the molecule is COc1cc(C)c(Cl)cc1CC(C)(C)O. The summed E-state index contributed by atoms with van der Waals surface area (Å²) in [5, 5.41) is 10.5. The van der Waals surface area contributed by atoms with E-state index in [1.807, 2.05) is 19.1 Å². The number of ether oxygens (including phenoxy) is 1. The maximum Gasteiger partial charge on any atom is 0.122 e. The first kappa shape index (κ1) is 12.3. The van der Waals surface area contributed by atoms with E-state index < -0.39 is 5.60 Å². The predicted octanol–water partition coefficient (Wildman–Crippen LogP) is 2.97. The Bertz CT molecular complexity index is 353. The number of aryl methyl sites for hydroxylation is 1. The van der Waals surface area contributed by atoms with Crippen molar-refractivity contribution in [2.24, 2.45) is 0 Å². The fourth-order valence-corrected chi connectivity index (χ4v) is 1.68. The van der Waals surface area contributed by atoms with E-state index in [9.17, 15) is 5.11 Å². The van der Waals surface area contributed by atoms with E-state index in [1.165, 1.54) is 0 Å². The zero-order valence-electron chi connectivity index (χ0n) is 9.60. The van der Waals surface area contributed by atoms with E-state index in [1.54, 1.807) is 21.0 Å². The van der Waals surface area contributed by atoms with E-state index in [0.717, 1.165) is 16.9 Å². The van der Waals surface area contributed by atoms with Crippen molar-refractivity contribution in [3.8, 4) is 5.75 Å². The minimum absolute atomic E-state index is 0.524. The summed E-state index contributed by atoms with van der Waals surface area (Å²) in [4.78, 5) is 0. The van der Waals surface area contributed by atoms with Gasteiger partial charge in [-0.3, -0.25) is 0 Å². The molecule has 0 aliphatic carbocycles. The van der Waals surface area contributed by atoms with Crippen LogP contribution in [0.1, 0.15) is 25.0 Å². The number of hydrogen-bond donors (Lipinski definition) is 1. The van der Waals surface area contributed by atoms with Crippen LogP contribution in [0.25, 0.3) is 0 Å². The summed E-state index contributed by atoms with van der Waals surface area (Å²) in [6.45, 7) is 5.46. The molecule has 0 aliphatic rings. The molecule has 0 heterocycles. The Labute approximate surface area is 95.8 Å². The highest BCUT2D eigenvalue weighted by Crippen LogP contribution is 2.29. The highest BCUT2D eigenvalue weighted by atomic mass is 35.5. The maximum atomic E-state index is 9.75. The van der Waals surface area contributed by atoms with Crippen LogP contribution in [0.2, 0.25) is 5.02 Å². The molecule has 3 heteroatoms. The topological polar surface area (TPSA) is 29.5 Å². The average Bonchev–Trinajstić information content (AvgIpc) is 2.08. The van der Waals surface area contributed by atoms with Crippen LogP contribution in [-0.2, 0) is 6.42 Å². The van der Waals surface area contributed by atoms with Crippen molar-refractivity contribution >= 4 is 11.6 Å². The van der Waals surface area contributed by atoms with Crippen molar-refractivity contribution in [1.29, 1.82) is 0 Å². The van der Waals surface area contributed by atoms with Gasteiger partial charge in [-0.15, -0.1) is 0 Å². The van der Waals surface area contributed by atoms with Crippen molar-refractivity contribution in [2.45, 2.75) is 32.8 Å². The van der Waals surface area contributed by atoms with Crippen LogP contribution in [0.15, 0.2) is 12.1 Å². The summed E-state index contributed by atoms with van der Waals surface area (Å²) in [6.07, 6.45) is 0.524. The molecule has 2 nitrogen and oxygen atoms in total. The summed E-state index contributed by atoms with van der Waals surface area (Å²) in [7, 11) is 1.62. The van der Waals surface area contributed by atoms with Crippen LogP contribution in [-0.4, -0.2) is 17.8 Å². The van der Waals surface area contributed by atoms with Crippen molar-refractivity contribution < 1.29 is 9.84 Å². The van der Waals surface area contributed by atoms with E-state index in [2.05, 4.69) is 0 Å². The third kappa shape index (κ3) is 3.40. The van der Waals surface area contributed by atoms with E-state index in [-0.39, 0.29) is 0 Å². The Balaban J connectivity index is 3.11. The molecule has 0 bridgehead atoms. The number of methoxy groups -OCH3 is 1. The van der Waals surface area contributed by atoms with Crippen LogP contribution in [0.5, 0.6) is 5.75 Å². The number of halogens is 1. The minimum Gasteiger partial charge on any atom is -0.496 e. The Hall–Kier alpha value is -0.730. The second-order valence-corrected chi connectivity index (χ2v) is 4.81. The molecule has 0 fully saturated rings. The number of aliphatic hydroxyl groups is 1. The first-order chi connectivity index (χ1) is 6.83. The largest absolute Gasteiger partial charge is 0.496 e. The summed E-state index contributed by atoms with van der Waals surface area (Å²) in [6, 6.07) is 3.75. The van der Waals surface area contributed by atoms with Crippen LogP contribution < -0.4 is 4.74 Å². The summed E-state index contributed by atoms with van der Waals surface area (Å²) < 4.78 is 5.26. The molecule has 0 atom stereocenters. The molecule has 0 saturated heterocycles. The van der Waals surface area contributed by atoms with Crippen molar-refractivity contribution in [3.63, 3.8) is 0 Å². The Morgan fingerprint density at radius 2 is 2.00 bits per heavy atom. The van der Waals surface area contributed by atoms with Gasteiger partial charge in [-0.2, -0.15) is 0 Å². The van der Waals surface area contributed by atoms with Gasteiger partial charge < -0.3 is 9.84 Å². The fourth-order valence-electron chi connectivity index (χ4n) is 1.49. The molecule has 0 unspecified atom stereocenters. The van der Waals surface area contributed by atoms with Gasteiger partial charge in [0.25, 0.3) is 0 Å². The quantitative estimate of drug-likeness (QED) is 0.862. The van der Waals surface area contributed by atoms with Crippen LogP contribution in [0, 0.1) is 6.92 Å². The van der Waals surface area contributed by atoms with Crippen LogP contribution in [0.3, 0.4) is 0 Å². The van der Waals surface area contributed by atoms with Crippen molar-refractivity contribution in [3.05, 3.63) is 28.3 Å². The lowest BCUT2D eigenvalue weighted by Gasteiger charge is -2.19. The molecule has 1 aromatic carbocycles. The molecule has 15 heavy (non-hydrogen) atoms. The van der Waals surface area contributed by atoms with Gasteiger partial charge in [-0.05, 0) is 44.0 Å². The Morgan fingerprint density at radius 3 is 2.47 bits per heavy atom. The maximum absolute atomic E-state index is 9.75. The predicted molar refractivity (Wildman–Crippen MR) is 62.7 cm³/mol. The lowest BCUT2D eigenvalue weighted by Crippen LogP contribution is -2.22. The molecule has 1 rings (SSSR count). The average molecular weight is 229 g/mol. The molecule has 84 valence electrons. The van der Waals surface area contributed by atoms with Gasteiger partial charge in [0.05, 0.1) is 12.7 Å². The van der Waals surface area contributed by atoms with Crippen molar-refractivity contribution in [2.75, 3.05) is 7.11 Å². The zero-order valence-corrected chi connectivity index (χ0v) is 10.4. The second kappa shape index (κ2) is 4.42. The van der Waals surface area contributed by atoms with Gasteiger partial charge >= 0.3 is 0 Å². The van der Waals surface area contributed by atoms with Crippen molar-refractivity contribution in [1.82, 2.24) is 0 Å². The highest BCUT2D eigenvalue weighted by molar-refractivity contribution is 6.31. The molecule has 0 radical (unpaired) electrons. The fraction of sp³-hybridized carbons (Fsp3) is 0.500. The minimum atomic E-state index is -0.758. The summed E-state index contributed by atoms with van der Waals surface area (Å²) in [5.41, 5.74) is 1.15. The molecule has 0 spiro atoms. The third-order valence-electron chi connectivity index (χ3n) is 2.18. The molecule has 1 N–H and O–H groups in total. The first-order valence-electron chi connectivity index (χ1n) is 4.89. The van der Waals surface area contributed by atoms with Crippen LogP contribution >= 0.6 is 11.6 Å². The number of rotatable bonds is 3. The smallest absolute Gasteiger partial charge is 0.122 e. The van der Waals surface area contributed by atoms with Gasteiger partial charge in [-0.25, -0.2) is 0 Å². The molecule has 0 aliphatic heterocycles. The molecule has 1 aromatic rings. The molecule has 0 aromatic heterocycles. The van der Waals surface area contributed by atoms with Gasteiger partial charge in [0, 0.05) is 11.4 Å². The van der Waals surface area contributed by atoms with Gasteiger partial charge in [0.1, 0.15) is 5.75 Å². The lowest BCUT2D eigenvalue weighted by atomic mass is 9.97. The normalized spacial score (nSPS) is 11.6. The first-order valence-corrected chi connectivity index (χ1v) is 5.26. The molecular weight excluding hydrogens is 212 g/mol. The van der Waals surface area contributed by atoms with Gasteiger partial charge in [0.2, 0.25) is 0 Å². The van der Waals surface area contributed by atoms with Crippen LogP contribution in [0.4, 0.5) is 0 Å². The van der Waals surface area contributed by atoms with E-state index in [4.69, 9.17) is 16.3 Å². The molecular formula is C12H17ClO2. The van der Waals surface area contributed by atoms with Gasteiger partial charge in [0.15, 0.2) is 0 Å². The van der Waals surface area contributed by atoms with E-state index >= 15 is 0 Å².